The predicted octanol–water partition coefficient (Wildman–Crippen LogP) is 5.05. The molecule has 2 aromatic carbocycles. The van der Waals surface area contributed by atoms with E-state index in [0.717, 1.165) is 10.4 Å². The van der Waals surface area contributed by atoms with Gasteiger partial charge in [-0.3, -0.25) is 4.79 Å². The van der Waals surface area contributed by atoms with Crippen LogP contribution >= 0.6 is 22.9 Å². The summed E-state index contributed by atoms with van der Waals surface area (Å²) in [6.45, 7) is 1.90. The van der Waals surface area contributed by atoms with Gasteiger partial charge in [-0.25, -0.2) is 13.2 Å². The molecule has 162 valence electrons. The molecular weight excluding hydrogens is 458 g/mol. The Kier molecular flexibility index (Phi) is 7.48. The first-order chi connectivity index (χ1) is 14.8. The number of sulfone groups is 1. The van der Waals surface area contributed by atoms with Gasteiger partial charge in [0.05, 0.1) is 22.9 Å². The number of ether oxygens (including phenoxy) is 1. The van der Waals surface area contributed by atoms with Crippen molar-refractivity contribution < 1.29 is 22.7 Å². The number of hydrogen-bond acceptors (Lipinski definition) is 6. The molecule has 31 heavy (non-hydrogen) atoms. The van der Waals surface area contributed by atoms with Gasteiger partial charge in [-0.1, -0.05) is 41.9 Å². The molecule has 1 amide bonds. The van der Waals surface area contributed by atoms with Crippen molar-refractivity contribution in [3.8, 4) is 10.4 Å². The van der Waals surface area contributed by atoms with Gasteiger partial charge in [-0.15, -0.1) is 11.3 Å². The average Bonchev–Trinajstić information content (AvgIpc) is 3.17. The van der Waals surface area contributed by atoms with E-state index >= 15 is 0 Å². The standard InChI is InChI=1S/C22H20ClNO5S2/c1-2-29-22(26)21-18(14-19(30-21)15-6-4-3-5-7-15)24-20(25)12-13-31(27,28)17-10-8-16(23)9-11-17/h3-11,14H,2,12-13H2,1H3,(H,24,25). The summed E-state index contributed by atoms with van der Waals surface area (Å²) in [7, 11) is -3.65. The minimum Gasteiger partial charge on any atom is -0.462 e. The molecule has 0 unspecified atom stereocenters. The first kappa shape index (κ1) is 23.0. The van der Waals surface area contributed by atoms with Gasteiger partial charge in [0.2, 0.25) is 5.91 Å². The molecule has 1 heterocycles. The molecule has 0 fully saturated rings. The maximum absolute atomic E-state index is 12.5. The molecule has 0 radical (unpaired) electrons. The number of halogens is 1. The number of amides is 1. The zero-order valence-corrected chi connectivity index (χ0v) is 19.0. The zero-order chi connectivity index (χ0) is 22.4. The van der Waals surface area contributed by atoms with Crippen LogP contribution in [0, 0.1) is 0 Å². The quantitative estimate of drug-likeness (QED) is 0.458. The normalized spacial score (nSPS) is 11.2. The van der Waals surface area contributed by atoms with E-state index in [2.05, 4.69) is 5.32 Å². The molecule has 0 aliphatic rings. The number of esters is 1. The summed E-state index contributed by atoms with van der Waals surface area (Å²) in [6, 6.07) is 16.9. The second-order valence-corrected chi connectivity index (χ2v) is 10.1. The summed E-state index contributed by atoms with van der Waals surface area (Å²) in [6.07, 6.45) is -0.260. The fraction of sp³-hybridized carbons (Fsp3) is 0.182. The van der Waals surface area contributed by atoms with E-state index < -0.39 is 21.7 Å². The van der Waals surface area contributed by atoms with Gasteiger partial charge in [-0.05, 0) is 42.8 Å². The van der Waals surface area contributed by atoms with Crippen molar-refractivity contribution >= 4 is 50.3 Å². The van der Waals surface area contributed by atoms with Crippen molar-refractivity contribution in [1.29, 1.82) is 0 Å². The van der Waals surface area contributed by atoms with E-state index in [1.54, 1.807) is 13.0 Å². The number of nitrogens with one attached hydrogen (secondary N) is 1. The monoisotopic (exact) mass is 477 g/mol. The molecule has 1 aromatic heterocycles. The molecule has 9 heteroatoms. The lowest BCUT2D eigenvalue weighted by Gasteiger charge is -2.07. The van der Waals surface area contributed by atoms with Crippen LogP contribution in [0.15, 0.2) is 65.6 Å². The molecule has 0 saturated carbocycles. The minimum absolute atomic E-state index is 0.0961. The number of thiophene rings is 1. The molecule has 0 aliphatic heterocycles. The van der Waals surface area contributed by atoms with Crippen LogP contribution < -0.4 is 5.32 Å². The van der Waals surface area contributed by atoms with Crippen molar-refractivity contribution in [2.24, 2.45) is 0 Å². The minimum atomic E-state index is -3.65. The highest BCUT2D eigenvalue weighted by molar-refractivity contribution is 7.91. The lowest BCUT2D eigenvalue weighted by molar-refractivity contribution is -0.115. The predicted molar refractivity (Wildman–Crippen MR) is 122 cm³/mol. The van der Waals surface area contributed by atoms with Gasteiger partial charge in [-0.2, -0.15) is 0 Å². The van der Waals surface area contributed by atoms with Crippen LogP contribution in [0.1, 0.15) is 23.0 Å². The first-order valence-corrected chi connectivity index (χ1v) is 12.3. The van der Waals surface area contributed by atoms with Gasteiger partial charge in [0.1, 0.15) is 4.88 Å². The summed E-state index contributed by atoms with van der Waals surface area (Å²) < 4.78 is 30.0. The topological polar surface area (TPSA) is 89.5 Å². The Bertz CT molecular complexity index is 1170. The Balaban J connectivity index is 1.76. The molecule has 0 bridgehead atoms. The van der Waals surface area contributed by atoms with Gasteiger partial charge >= 0.3 is 5.97 Å². The van der Waals surface area contributed by atoms with Crippen molar-refractivity contribution in [1.82, 2.24) is 0 Å². The fourth-order valence-corrected chi connectivity index (χ4v) is 5.16. The molecule has 6 nitrogen and oxygen atoms in total. The Labute approximate surface area is 189 Å². The molecular formula is C22H20ClNO5S2. The fourth-order valence-electron chi connectivity index (χ4n) is 2.78. The van der Waals surface area contributed by atoms with Crippen LogP contribution in [-0.4, -0.2) is 32.7 Å². The Morgan fingerprint density at radius 2 is 1.74 bits per heavy atom. The molecule has 3 rings (SSSR count). The summed E-state index contributed by atoms with van der Waals surface area (Å²) in [5, 5.41) is 3.08. The maximum atomic E-state index is 12.5. The van der Waals surface area contributed by atoms with E-state index in [0.29, 0.717) is 10.7 Å². The average molecular weight is 478 g/mol. The molecule has 0 atom stereocenters. The maximum Gasteiger partial charge on any atom is 0.350 e. The number of carbonyl (C=O) groups excluding carboxylic acids is 2. The molecule has 3 aromatic rings. The number of carbonyl (C=O) groups is 2. The third-order valence-corrected chi connectivity index (χ3v) is 7.44. The SMILES string of the molecule is CCOC(=O)c1sc(-c2ccccc2)cc1NC(=O)CCS(=O)(=O)c1ccc(Cl)cc1. The summed E-state index contributed by atoms with van der Waals surface area (Å²) in [5.41, 5.74) is 1.19. The number of hydrogen-bond donors (Lipinski definition) is 1. The lowest BCUT2D eigenvalue weighted by atomic mass is 10.2. The summed E-state index contributed by atoms with van der Waals surface area (Å²) >= 11 is 7.00. The van der Waals surface area contributed by atoms with E-state index in [1.807, 2.05) is 30.3 Å². The molecule has 1 N–H and O–H groups in total. The van der Waals surface area contributed by atoms with E-state index in [1.165, 1.54) is 35.6 Å². The summed E-state index contributed by atoms with van der Waals surface area (Å²) in [4.78, 5) is 26.0. The van der Waals surface area contributed by atoms with E-state index in [-0.39, 0.29) is 28.6 Å². The highest BCUT2D eigenvalue weighted by Crippen LogP contribution is 2.35. The van der Waals surface area contributed by atoms with E-state index in [9.17, 15) is 18.0 Å². The number of rotatable bonds is 8. The van der Waals surface area contributed by atoms with Crippen molar-refractivity contribution in [2.45, 2.75) is 18.2 Å². The summed E-state index contributed by atoms with van der Waals surface area (Å²) in [5.74, 6) is -1.43. The van der Waals surface area contributed by atoms with Crippen LogP contribution in [-0.2, 0) is 19.4 Å². The highest BCUT2D eigenvalue weighted by Gasteiger charge is 2.21. The van der Waals surface area contributed by atoms with Crippen molar-refractivity contribution in [2.75, 3.05) is 17.7 Å². The van der Waals surface area contributed by atoms with Gasteiger partial charge in [0, 0.05) is 16.3 Å². The Morgan fingerprint density at radius 1 is 1.06 bits per heavy atom. The van der Waals surface area contributed by atoms with Gasteiger partial charge in [0.15, 0.2) is 9.84 Å². The van der Waals surface area contributed by atoms with Crippen LogP contribution in [0.25, 0.3) is 10.4 Å². The first-order valence-electron chi connectivity index (χ1n) is 9.44. The van der Waals surface area contributed by atoms with Crippen LogP contribution in [0.3, 0.4) is 0 Å². The van der Waals surface area contributed by atoms with Gasteiger partial charge in [0.25, 0.3) is 0 Å². The third-order valence-electron chi connectivity index (χ3n) is 4.30. The van der Waals surface area contributed by atoms with Crippen molar-refractivity contribution in [3.05, 3.63) is 70.6 Å². The number of benzene rings is 2. The molecule has 0 saturated heterocycles. The lowest BCUT2D eigenvalue weighted by Crippen LogP contribution is -2.18. The molecule has 0 aliphatic carbocycles. The highest BCUT2D eigenvalue weighted by atomic mass is 35.5. The van der Waals surface area contributed by atoms with Crippen LogP contribution in [0.2, 0.25) is 5.02 Å². The molecule has 0 spiro atoms. The smallest absolute Gasteiger partial charge is 0.350 e. The van der Waals surface area contributed by atoms with Crippen molar-refractivity contribution in [3.63, 3.8) is 0 Å². The number of anilines is 1. The second kappa shape index (κ2) is 10.1. The van der Waals surface area contributed by atoms with Crippen LogP contribution in [0.4, 0.5) is 5.69 Å². The van der Waals surface area contributed by atoms with E-state index in [4.69, 9.17) is 16.3 Å². The largest absolute Gasteiger partial charge is 0.462 e. The Morgan fingerprint density at radius 3 is 2.39 bits per heavy atom. The second-order valence-electron chi connectivity index (χ2n) is 6.51. The van der Waals surface area contributed by atoms with Gasteiger partial charge < -0.3 is 10.1 Å². The van der Waals surface area contributed by atoms with Crippen LogP contribution in [0.5, 0.6) is 0 Å². The third kappa shape index (κ3) is 5.94. The Hall–Kier alpha value is -2.68. The zero-order valence-electron chi connectivity index (χ0n) is 16.6.